The zero-order valence-electron chi connectivity index (χ0n) is 12.7. The van der Waals surface area contributed by atoms with Crippen molar-refractivity contribution < 1.29 is 22.7 Å². The molecule has 0 bridgehead atoms. The Bertz CT molecular complexity index is 754. The number of benzene rings is 1. The normalized spacial score (nSPS) is 17.2. The minimum Gasteiger partial charge on any atom is -0.484 e. The van der Waals surface area contributed by atoms with Crippen molar-refractivity contribution in [3.05, 3.63) is 18.2 Å². The van der Waals surface area contributed by atoms with Gasteiger partial charge in [-0.3, -0.25) is 4.79 Å². The van der Waals surface area contributed by atoms with E-state index in [1.165, 1.54) is 23.5 Å². The maximum Gasteiger partial charge on any atom is 0.422 e. The van der Waals surface area contributed by atoms with Gasteiger partial charge in [0.05, 0.1) is 15.8 Å². The lowest BCUT2D eigenvalue weighted by molar-refractivity contribution is -0.153. The van der Waals surface area contributed by atoms with Crippen LogP contribution in [0.2, 0.25) is 0 Å². The summed E-state index contributed by atoms with van der Waals surface area (Å²) in [5.41, 5.74) is 5.80. The summed E-state index contributed by atoms with van der Waals surface area (Å²) in [6, 6.07) is 4.45. The predicted molar refractivity (Wildman–Crippen MR) is 85.2 cm³/mol. The third-order valence-corrected chi connectivity index (χ3v) is 4.86. The van der Waals surface area contributed by atoms with Crippen LogP contribution in [0.5, 0.6) is 5.75 Å². The van der Waals surface area contributed by atoms with Crippen LogP contribution in [0.15, 0.2) is 18.2 Å². The standard InChI is InChI=1S/C15H16F3N3O2S/c16-15(17,18)8-23-9-3-4-10-11(7-9)24-13(20-10)21-12(22)14(19)5-1-2-6-14/h3-4,7H,1-2,5-6,8,19H2,(H,20,21,22). The number of nitrogens with two attached hydrogens (primary N) is 1. The topological polar surface area (TPSA) is 77.2 Å². The Morgan fingerprint density at radius 1 is 1.38 bits per heavy atom. The Labute approximate surface area is 140 Å². The van der Waals surface area contributed by atoms with Gasteiger partial charge in [-0.15, -0.1) is 0 Å². The largest absolute Gasteiger partial charge is 0.484 e. The van der Waals surface area contributed by atoms with Gasteiger partial charge in [0.1, 0.15) is 5.75 Å². The quantitative estimate of drug-likeness (QED) is 0.877. The van der Waals surface area contributed by atoms with Crippen LogP contribution in [0.4, 0.5) is 18.3 Å². The van der Waals surface area contributed by atoms with E-state index in [0.29, 0.717) is 28.2 Å². The highest BCUT2D eigenvalue weighted by atomic mass is 32.1. The van der Waals surface area contributed by atoms with E-state index in [1.54, 1.807) is 6.07 Å². The SMILES string of the molecule is NC1(C(=O)Nc2nc3ccc(OCC(F)(F)F)cc3s2)CCCC1. The van der Waals surface area contributed by atoms with E-state index in [-0.39, 0.29) is 11.7 Å². The van der Waals surface area contributed by atoms with Crippen molar-refractivity contribution in [2.75, 3.05) is 11.9 Å². The van der Waals surface area contributed by atoms with Gasteiger partial charge in [0, 0.05) is 0 Å². The van der Waals surface area contributed by atoms with Gasteiger partial charge in [-0.2, -0.15) is 13.2 Å². The third kappa shape index (κ3) is 3.78. The molecule has 1 aliphatic rings. The van der Waals surface area contributed by atoms with Gasteiger partial charge in [0.2, 0.25) is 5.91 Å². The molecule has 0 aliphatic heterocycles. The molecule has 9 heteroatoms. The summed E-state index contributed by atoms with van der Waals surface area (Å²) in [4.78, 5) is 16.5. The number of carbonyl (C=O) groups excluding carboxylic acids is 1. The molecule has 1 heterocycles. The molecule has 1 aromatic heterocycles. The molecule has 0 saturated heterocycles. The molecular formula is C15H16F3N3O2S. The molecule has 0 spiro atoms. The van der Waals surface area contributed by atoms with Crippen molar-refractivity contribution >= 4 is 32.6 Å². The van der Waals surface area contributed by atoms with Gasteiger partial charge >= 0.3 is 6.18 Å². The smallest absolute Gasteiger partial charge is 0.422 e. The minimum atomic E-state index is -4.39. The van der Waals surface area contributed by atoms with Gasteiger partial charge in [0.25, 0.3) is 0 Å². The van der Waals surface area contributed by atoms with Crippen LogP contribution in [-0.4, -0.2) is 29.2 Å². The van der Waals surface area contributed by atoms with Crippen LogP contribution in [0, 0.1) is 0 Å². The zero-order valence-corrected chi connectivity index (χ0v) is 13.5. The van der Waals surface area contributed by atoms with Crippen LogP contribution >= 0.6 is 11.3 Å². The van der Waals surface area contributed by atoms with Crippen molar-refractivity contribution in [3.63, 3.8) is 0 Å². The number of nitrogens with one attached hydrogen (secondary N) is 1. The van der Waals surface area contributed by atoms with Crippen molar-refractivity contribution in [3.8, 4) is 5.75 Å². The molecule has 1 fully saturated rings. The number of hydrogen-bond donors (Lipinski definition) is 2. The number of carbonyl (C=O) groups is 1. The van der Waals surface area contributed by atoms with E-state index in [9.17, 15) is 18.0 Å². The molecule has 0 unspecified atom stereocenters. The zero-order chi connectivity index (χ0) is 17.4. The lowest BCUT2D eigenvalue weighted by Crippen LogP contribution is -2.48. The van der Waals surface area contributed by atoms with E-state index >= 15 is 0 Å². The van der Waals surface area contributed by atoms with E-state index in [4.69, 9.17) is 10.5 Å². The summed E-state index contributed by atoms with van der Waals surface area (Å²) >= 11 is 1.17. The van der Waals surface area contributed by atoms with Crippen molar-refractivity contribution in [2.45, 2.75) is 37.4 Å². The Morgan fingerprint density at radius 2 is 2.08 bits per heavy atom. The van der Waals surface area contributed by atoms with Crippen LogP contribution in [0.3, 0.4) is 0 Å². The number of anilines is 1. The molecular weight excluding hydrogens is 343 g/mol. The van der Waals surface area contributed by atoms with Crippen LogP contribution in [-0.2, 0) is 4.79 Å². The lowest BCUT2D eigenvalue weighted by atomic mass is 9.98. The second-order valence-electron chi connectivity index (χ2n) is 5.87. The number of rotatable bonds is 4. The Balaban J connectivity index is 1.73. The van der Waals surface area contributed by atoms with Crippen molar-refractivity contribution in [1.82, 2.24) is 4.98 Å². The molecule has 24 heavy (non-hydrogen) atoms. The van der Waals surface area contributed by atoms with E-state index < -0.39 is 18.3 Å². The maximum absolute atomic E-state index is 12.3. The number of halogens is 3. The number of alkyl halides is 3. The second kappa shape index (κ2) is 6.21. The molecule has 130 valence electrons. The number of fused-ring (bicyclic) bond motifs is 1. The fourth-order valence-electron chi connectivity index (χ4n) is 2.67. The average Bonchev–Trinajstić information content (AvgIpc) is 3.10. The molecule has 1 aromatic carbocycles. The Hall–Kier alpha value is -1.87. The fourth-order valence-corrected chi connectivity index (χ4v) is 3.56. The fraction of sp³-hybridized carbons (Fsp3) is 0.467. The molecule has 1 saturated carbocycles. The number of thiazole rings is 1. The van der Waals surface area contributed by atoms with Gasteiger partial charge in [0.15, 0.2) is 11.7 Å². The molecule has 0 radical (unpaired) electrons. The van der Waals surface area contributed by atoms with E-state index in [0.717, 1.165) is 12.8 Å². The number of amides is 1. The predicted octanol–water partition coefficient (Wildman–Crippen LogP) is 3.45. The van der Waals surface area contributed by atoms with Crippen LogP contribution in [0.1, 0.15) is 25.7 Å². The summed E-state index contributed by atoms with van der Waals surface area (Å²) in [7, 11) is 0. The van der Waals surface area contributed by atoms with Gasteiger partial charge in [-0.1, -0.05) is 24.2 Å². The molecule has 1 amide bonds. The lowest BCUT2D eigenvalue weighted by Gasteiger charge is -2.21. The average molecular weight is 359 g/mol. The first-order chi connectivity index (χ1) is 11.3. The Kier molecular flexibility index (Phi) is 4.39. The van der Waals surface area contributed by atoms with Gasteiger partial charge in [-0.25, -0.2) is 4.98 Å². The third-order valence-electron chi connectivity index (χ3n) is 3.93. The highest BCUT2D eigenvalue weighted by Crippen LogP contribution is 2.32. The molecule has 2 aromatic rings. The van der Waals surface area contributed by atoms with E-state index in [2.05, 4.69) is 10.3 Å². The summed E-state index contributed by atoms with van der Waals surface area (Å²) in [6.45, 7) is -1.35. The summed E-state index contributed by atoms with van der Waals surface area (Å²) in [5, 5.41) is 3.09. The monoisotopic (exact) mass is 359 g/mol. The number of aromatic nitrogens is 1. The minimum absolute atomic E-state index is 0.104. The molecule has 1 aliphatic carbocycles. The molecule has 0 atom stereocenters. The van der Waals surface area contributed by atoms with Crippen LogP contribution < -0.4 is 15.8 Å². The first kappa shape index (κ1) is 17.0. The van der Waals surface area contributed by atoms with Crippen LogP contribution in [0.25, 0.3) is 10.2 Å². The van der Waals surface area contributed by atoms with Crippen molar-refractivity contribution in [1.29, 1.82) is 0 Å². The number of ether oxygens (including phenoxy) is 1. The molecule has 5 nitrogen and oxygen atoms in total. The molecule has 3 rings (SSSR count). The first-order valence-corrected chi connectivity index (χ1v) is 8.27. The van der Waals surface area contributed by atoms with Gasteiger partial charge < -0.3 is 15.8 Å². The summed E-state index contributed by atoms with van der Waals surface area (Å²) in [6.07, 6.45) is -1.27. The molecule has 3 N–H and O–H groups in total. The van der Waals surface area contributed by atoms with E-state index in [1.807, 2.05) is 0 Å². The first-order valence-electron chi connectivity index (χ1n) is 7.46. The van der Waals surface area contributed by atoms with Crippen molar-refractivity contribution in [2.24, 2.45) is 5.73 Å². The summed E-state index contributed by atoms with van der Waals surface area (Å²) < 4.78 is 41.9. The Morgan fingerprint density at radius 3 is 2.75 bits per heavy atom. The summed E-state index contributed by atoms with van der Waals surface area (Å²) in [5.74, 6) is -0.167. The highest BCUT2D eigenvalue weighted by Gasteiger charge is 2.37. The van der Waals surface area contributed by atoms with Gasteiger partial charge in [-0.05, 0) is 31.0 Å². The number of nitrogens with zero attached hydrogens (tertiary/aromatic N) is 1. The highest BCUT2D eigenvalue weighted by molar-refractivity contribution is 7.22. The second-order valence-corrected chi connectivity index (χ2v) is 6.90. The maximum atomic E-state index is 12.3. The number of hydrogen-bond acceptors (Lipinski definition) is 5.